The van der Waals surface area contributed by atoms with Crippen LogP contribution in [0.25, 0.3) is 11.0 Å². The summed E-state index contributed by atoms with van der Waals surface area (Å²) in [5.74, 6) is 1.25. The van der Waals surface area contributed by atoms with Gasteiger partial charge in [-0.15, -0.1) is 0 Å². The van der Waals surface area contributed by atoms with Crippen LogP contribution < -0.4 is 5.32 Å². The Morgan fingerprint density at radius 1 is 1.55 bits per heavy atom. The zero-order valence-electron chi connectivity index (χ0n) is 12.7. The first-order valence-electron chi connectivity index (χ1n) is 7.69. The van der Waals surface area contributed by atoms with E-state index in [1.165, 1.54) is 6.08 Å². The number of nitrogens with one attached hydrogen (secondary N) is 2. The molecule has 6 heteroatoms. The quantitative estimate of drug-likeness (QED) is 0.830. The molecule has 6 nitrogen and oxygen atoms in total. The fourth-order valence-corrected chi connectivity index (χ4v) is 3.17. The third kappa shape index (κ3) is 2.68. The van der Waals surface area contributed by atoms with E-state index < -0.39 is 0 Å². The van der Waals surface area contributed by atoms with Crippen molar-refractivity contribution in [3.63, 3.8) is 0 Å². The first-order valence-corrected chi connectivity index (χ1v) is 7.69. The highest BCUT2D eigenvalue weighted by Crippen LogP contribution is 2.27. The molecule has 2 N–H and O–H groups in total. The molecule has 3 rings (SSSR count). The summed E-state index contributed by atoms with van der Waals surface area (Å²) in [6.45, 7) is 7.22. The summed E-state index contributed by atoms with van der Waals surface area (Å²) in [5.41, 5.74) is 0.821. The fourth-order valence-electron chi connectivity index (χ4n) is 3.17. The maximum atomic E-state index is 11.9. The van der Waals surface area contributed by atoms with Crippen LogP contribution in [0.4, 0.5) is 5.82 Å². The molecule has 0 spiro atoms. The predicted molar refractivity (Wildman–Crippen MR) is 86.5 cm³/mol. The summed E-state index contributed by atoms with van der Waals surface area (Å²) in [7, 11) is 0. The van der Waals surface area contributed by atoms with Crippen molar-refractivity contribution in [2.75, 3.05) is 18.4 Å². The molecule has 2 aromatic rings. The molecule has 0 saturated carbocycles. The normalized spacial score (nSPS) is 21.2. The number of aromatic nitrogens is 3. The lowest BCUT2D eigenvalue weighted by molar-refractivity contribution is -0.125. The second-order valence-corrected chi connectivity index (χ2v) is 5.71. The average Bonchev–Trinajstić information content (AvgIpc) is 3.15. The van der Waals surface area contributed by atoms with Crippen molar-refractivity contribution in [1.82, 2.24) is 19.9 Å². The molecule has 116 valence electrons. The lowest BCUT2D eigenvalue weighted by Crippen LogP contribution is -2.31. The van der Waals surface area contributed by atoms with Crippen LogP contribution in [0.2, 0.25) is 0 Å². The van der Waals surface area contributed by atoms with Crippen molar-refractivity contribution >= 4 is 22.8 Å². The molecule has 1 amide bonds. The van der Waals surface area contributed by atoms with Crippen molar-refractivity contribution in [3.8, 4) is 0 Å². The largest absolute Gasteiger partial charge is 0.365 e. The van der Waals surface area contributed by atoms with E-state index in [0.717, 1.165) is 36.2 Å². The Labute approximate surface area is 129 Å². The molecule has 1 aliphatic heterocycles. The van der Waals surface area contributed by atoms with Crippen LogP contribution in [0, 0.1) is 5.92 Å². The predicted octanol–water partition coefficient (Wildman–Crippen LogP) is 2.18. The minimum atomic E-state index is -0.000109. The number of H-pyrrole nitrogens is 1. The minimum Gasteiger partial charge on any atom is -0.365 e. The molecule has 0 aliphatic carbocycles. The number of hydrogen-bond donors (Lipinski definition) is 2. The average molecular weight is 299 g/mol. The smallest absolute Gasteiger partial charge is 0.246 e. The number of rotatable bonds is 5. The monoisotopic (exact) mass is 299 g/mol. The summed E-state index contributed by atoms with van der Waals surface area (Å²) in [6, 6.07) is 2.17. The second-order valence-electron chi connectivity index (χ2n) is 5.71. The molecule has 2 aromatic heterocycles. The van der Waals surface area contributed by atoms with Gasteiger partial charge in [-0.1, -0.05) is 19.9 Å². The van der Waals surface area contributed by atoms with Gasteiger partial charge in [0.25, 0.3) is 0 Å². The zero-order chi connectivity index (χ0) is 15.5. The molecule has 1 aliphatic rings. The van der Waals surface area contributed by atoms with Crippen LogP contribution in [-0.2, 0) is 4.79 Å². The highest BCUT2D eigenvalue weighted by molar-refractivity contribution is 5.88. The summed E-state index contributed by atoms with van der Waals surface area (Å²) < 4.78 is 0. The SMILES string of the molecule is C=CC(=O)N1CC(CCC)C(Nc2ncnc3[nH]ccc23)C1. The molecule has 2 unspecified atom stereocenters. The lowest BCUT2D eigenvalue weighted by Gasteiger charge is -2.19. The van der Waals surface area contributed by atoms with Crippen molar-refractivity contribution in [2.45, 2.75) is 25.8 Å². The second kappa shape index (κ2) is 6.17. The Morgan fingerprint density at radius 2 is 2.41 bits per heavy atom. The Bertz CT molecular complexity index is 680. The van der Waals surface area contributed by atoms with E-state index in [2.05, 4.69) is 33.8 Å². The number of likely N-dealkylation sites (tertiary alicyclic amines) is 1. The number of fused-ring (bicyclic) bond motifs is 1. The van der Waals surface area contributed by atoms with Gasteiger partial charge in [-0.2, -0.15) is 0 Å². The maximum Gasteiger partial charge on any atom is 0.246 e. The van der Waals surface area contributed by atoms with Crippen molar-refractivity contribution in [1.29, 1.82) is 0 Å². The summed E-state index contributed by atoms with van der Waals surface area (Å²) in [5, 5.41) is 4.49. The number of anilines is 1. The van der Waals surface area contributed by atoms with Gasteiger partial charge < -0.3 is 15.2 Å². The molecule has 3 heterocycles. The summed E-state index contributed by atoms with van der Waals surface area (Å²) >= 11 is 0. The minimum absolute atomic E-state index is 0.000109. The van der Waals surface area contributed by atoms with Gasteiger partial charge in [0.2, 0.25) is 5.91 Å². The van der Waals surface area contributed by atoms with Crippen molar-refractivity contribution < 1.29 is 4.79 Å². The van der Waals surface area contributed by atoms with Gasteiger partial charge in [-0.25, -0.2) is 9.97 Å². The number of nitrogens with zero attached hydrogens (tertiary/aromatic N) is 3. The number of amides is 1. The Morgan fingerprint density at radius 3 is 3.18 bits per heavy atom. The van der Waals surface area contributed by atoms with Gasteiger partial charge in [-0.3, -0.25) is 4.79 Å². The summed E-state index contributed by atoms with van der Waals surface area (Å²) in [4.78, 5) is 25.4. The van der Waals surface area contributed by atoms with Gasteiger partial charge in [-0.05, 0) is 24.5 Å². The van der Waals surface area contributed by atoms with Crippen LogP contribution in [0.15, 0.2) is 31.2 Å². The Balaban J connectivity index is 1.81. The molecule has 1 saturated heterocycles. The van der Waals surface area contributed by atoms with Crippen LogP contribution >= 0.6 is 0 Å². The van der Waals surface area contributed by atoms with Crippen LogP contribution in [0.1, 0.15) is 19.8 Å². The van der Waals surface area contributed by atoms with E-state index in [4.69, 9.17) is 0 Å². The van der Waals surface area contributed by atoms with E-state index >= 15 is 0 Å². The van der Waals surface area contributed by atoms with Gasteiger partial charge in [0.05, 0.1) is 5.39 Å². The van der Waals surface area contributed by atoms with Gasteiger partial charge in [0.1, 0.15) is 17.8 Å². The third-order valence-electron chi connectivity index (χ3n) is 4.26. The number of carbonyl (C=O) groups excluding carboxylic acids is 1. The third-order valence-corrected chi connectivity index (χ3v) is 4.26. The Kier molecular flexibility index (Phi) is 4.09. The molecule has 22 heavy (non-hydrogen) atoms. The number of carbonyl (C=O) groups is 1. The number of hydrogen-bond acceptors (Lipinski definition) is 4. The van der Waals surface area contributed by atoms with Crippen LogP contribution in [0.3, 0.4) is 0 Å². The van der Waals surface area contributed by atoms with E-state index in [9.17, 15) is 4.79 Å². The zero-order valence-corrected chi connectivity index (χ0v) is 12.7. The Hall–Kier alpha value is -2.37. The van der Waals surface area contributed by atoms with Crippen molar-refractivity contribution in [2.24, 2.45) is 5.92 Å². The fraction of sp³-hybridized carbons (Fsp3) is 0.438. The van der Waals surface area contributed by atoms with E-state index in [-0.39, 0.29) is 11.9 Å². The van der Waals surface area contributed by atoms with Crippen molar-refractivity contribution in [3.05, 3.63) is 31.2 Å². The maximum absolute atomic E-state index is 11.9. The standard InChI is InChI=1S/C16H21N5O/c1-3-5-11-8-21(14(22)4-2)9-13(11)20-16-12-6-7-17-15(12)18-10-19-16/h4,6-7,10-11,13H,2-3,5,8-9H2,1H3,(H2,17,18,19,20). The molecule has 0 radical (unpaired) electrons. The molecule has 1 fully saturated rings. The summed E-state index contributed by atoms with van der Waals surface area (Å²) in [6.07, 6.45) is 6.98. The van der Waals surface area contributed by atoms with E-state index in [0.29, 0.717) is 12.5 Å². The molecule has 2 atom stereocenters. The molecule has 0 bridgehead atoms. The van der Waals surface area contributed by atoms with Crippen LogP contribution in [-0.4, -0.2) is 44.9 Å². The highest BCUT2D eigenvalue weighted by Gasteiger charge is 2.34. The number of aromatic amines is 1. The first kappa shape index (κ1) is 14.6. The van der Waals surface area contributed by atoms with E-state index in [1.54, 1.807) is 6.33 Å². The molecular weight excluding hydrogens is 278 g/mol. The first-order chi connectivity index (χ1) is 10.7. The topological polar surface area (TPSA) is 73.9 Å². The van der Waals surface area contributed by atoms with E-state index in [1.807, 2.05) is 17.2 Å². The molecular formula is C16H21N5O. The van der Waals surface area contributed by atoms with Crippen LogP contribution in [0.5, 0.6) is 0 Å². The lowest BCUT2D eigenvalue weighted by atomic mass is 9.98. The van der Waals surface area contributed by atoms with Gasteiger partial charge in [0.15, 0.2) is 0 Å². The molecule has 0 aromatic carbocycles. The van der Waals surface area contributed by atoms with Gasteiger partial charge >= 0.3 is 0 Å². The van der Waals surface area contributed by atoms with Gasteiger partial charge in [0, 0.05) is 25.3 Å². The highest BCUT2D eigenvalue weighted by atomic mass is 16.2.